The summed E-state index contributed by atoms with van der Waals surface area (Å²) >= 11 is 0. The van der Waals surface area contributed by atoms with Crippen molar-refractivity contribution in [1.29, 1.82) is 0 Å². The Morgan fingerprint density at radius 2 is 1.69 bits per heavy atom. The summed E-state index contributed by atoms with van der Waals surface area (Å²) in [5.41, 5.74) is 4.67. The van der Waals surface area contributed by atoms with Crippen LogP contribution in [0, 0.1) is 6.92 Å². The fraction of sp³-hybridized carbons (Fsp3) is 0.136. The Hall–Kier alpha value is -3.27. The van der Waals surface area contributed by atoms with Gasteiger partial charge < -0.3 is 9.15 Å². The minimum Gasteiger partial charge on any atom is -0.489 e. The Balaban J connectivity index is 1.50. The Morgan fingerprint density at radius 3 is 2.46 bits per heavy atom. The quantitative estimate of drug-likeness (QED) is 0.534. The molecular formula is C22H19NO3. The first-order valence-corrected chi connectivity index (χ1v) is 8.55. The van der Waals surface area contributed by atoms with Gasteiger partial charge >= 0.3 is 5.76 Å². The molecule has 0 atom stereocenters. The van der Waals surface area contributed by atoms with Crippen molar-refractivity contribution in [2.24, 2.45) is 0 Å². The van der Waals surface area contributed by atoms with E-state index in [0.717, 1.165) is 28.0 Å². The molecule has 0 N–H and O–H groups in total. The van der Waals surface area contributed by atoms with Gasteiger partial charge in [0.15, 0.2) is 5.58 Å². The summed E-state index contributed by atoms with van der Waals surface area (Å²) in [5.74, 6) is 0.466. The third-order valence-corrected chi connectivity index (χ3v) is 4.34. The van der Waals surface area contributed by atoms with Crippen LogP contribution in [-0.4, -0.2) is 4.57 Å². The monoisotopic (exact) mass is 345 g/mol. The Labute approximate surface area is 151 Å². The molecule has 0 saturated carbocycles. The van der Waals surface area contributed by atoms with E-state index in [1.165, 1.54) is 0 Å². The van der Waals surface area contributed by atoms with Crippen molar-refractivity contribution in [2.45, 2.75) is 20.1 Å². The molecule has 1 heterocycles. The maximum atomic E-state index is 12.2. The Kier molecular flexibility index (Phi) is 4.32. The summed E-state index contributed by atoms with van der Waals surface area (Å²) in [4.78, 5) is 12.2. The van der Waals surface area contributed by atoms with Crippen LogP contribution < -0.4 is 10.5 Å². The topological polar surface area (TPSA) is 44.4 Å². The number of hydrogen-bond acceptors (Lipinski definition) is 3. The predicted octanol–water partition coefficient (Wildman–Crippen LogP) is 4.53. The minimum absolute atomic E-state index is 0.338. The van der Waals surface area contributed by atoms with Crippen LogP contribution in [0.5, 0.6) is 5.75 Å². The van der Waals surface area contributed by atoms with E-state index in [9.17, 15) is 4.79 Å². The van der Waals surface area contributed by atoms with Crippen molar-refractivity contribution in [3.05, 3.63) is 100 Å². The van der Waals surface area contributed by atoms with Crippen LogP contribution in [0.1, 0.15) is 16.7 Å². The molecule has 4 rings (SSSR count). The maximum absolute atomic E-state index is 12.2. The van der Waals surface area contributed by atoms with Crippen LogP contribution in [0.15, 0.2) is 82.0 Å². The van der Waals surface area contributed by atoms with Gasteiger partial charge in [-0.25, -0.2) is 4.79 Å². The molecule has 0 spiro atoms. The molecule has 130 valence electrons. The third kappa shape index (κ3) is 3.40. The van der Waals surface area contributed by atoms with E-state index in [-0.39, 0.29) is 5.76 Å². The fourth-order valence-electron chi connectivity index (χ4n) is 2.94. The summed E-state index contributed by atoms with van der Waals surface area (Å²) in [6.45, 7) is 3.00. The molecule has 0 fully saturated rings. The Morgan fingerprint density at radius 1 is 0.923 bits per heavy atom. The molecule has 0 bridgehead atoms. The maximum Gasteiger partial charge on any atom is 0.420 e. The number of aromatic nitrogens is 1. The molecule has 0 unspecified atom stereocenters. The van der Waals surface area contributed by atoms with Gasteiger partial charge in [-0.3, -0.25) is 4.57 Å². The zero-order chi connectivity index (χ0) is 17.9. The molecule has 4 aromatic rings. The lowest BCUT2D eigenvalue weighted by molar-refractivity contribution is 0.306. The van der Waals surface area contributed by atoms with E-state index < -0.39 is 0 Å². The lowest BCUT2D eigenvalue weighted by Gasteiger charge is -2.08. The standard InChI is InChI=1S/C22H19NO3/c1-16-7-12-21-20(13-16)23(22(24)26-21)14-17-8-10-19(11-9-17)25-15-18-5-3-2-4-6-18/h2-13H,14-15H2,1H3. The highest BCUT2D eigenvalue weighted by Gasteiger charge is 2.10. The van der Waals surface area contributed by atoms with Crippen molar-refractivity contribution in [2.75, 3.05) is 0 Å². The first kappa shape index (κ1) is 16.2. The summed E-state index contributed by atoms with van der Waals surface area (Å²) in [6, 6.07) is 23.6. The first-order chi connectivity index (χ1) is 12.7. The lowest BCUT2D eigenvalue weighted by atomic mass is 10.2. The lowest BCUT2D eigenvalue weighted by Crippen LogP contribution is -2.14. The van der Waals surface area contributed by atoms with Gasteiger partial charge in [-0.1, -0.05) is 48.5 Å². The normalized spacial score (nSPS) is 11.0. The van der Waals surface area contributed by atoms with Crippen LogP contribution in [0.2, 0.25) is 0 Å². The zero-order valence-electron chi connectivity index (χ0n) is 14.5. The average Bonchev–Trinajstić information content (AvgIpc) is 2.97. The van der Waals surface area contributed by atoms with E-state index in [2.05, 4.69) is 0 Å². The zero-order valence-corrected chi connectivity index (χ0v) is 14.5. The van der Waals surface area contributed by atoms with Gasteiger partial charge in [0.05, 0.1) is 12.1 Å². The van der Waals surface area contributed by atoms with Crippen LogP contribution in [-0.2, 0) is 13.2 Å². The molecule has 26 heavy (non-hydrogen) atoms. The molecule has 3 aromatic carbocycles. The summed E-state index contributed by atoms with van der Waals surface area (Å²) in [6.07, 6.45) is 0. The van der Waals surface area contributed by atoms with Gasteiger partial charge in [-0.15, -0.1) is 0 Å². The molecule has 0 aliphatic carbocycles. The number of oxazole rings is 1. The summed E-state index contributed by atoms with van der Waals surface area (Å²) in [5, 5.41) is 0. The summed E-state index contributed by atoms with van der Waals surface area (Å²) in [7, 11) is 0. The van der Waals surface area contributed by atoms with Gasteiger partial charge in [-0.2, -0.15) is 0 Å². The molecule has 0 saturated heterocycles. The van der Waals surface area contributed by atoms with Crippen molar-refractivity contribution in [3.63, 3.8) is 0 Å². The smallest absolute Gasteiger partial charge is 0.420 e. The minimum atomic E-state index is -0.338. The van der Waals surface area contributed by atoms with Gasteiger partial charge in [0.2, 0.25) is 0 Å². The van der Waals surface area contributed by atoms with E-state index in [4.69, 9.17) is 9.15 Å². The molecule has 0 aliphatic rings. The fourth-order valence-corrected chi connectivity index (χ4v) is 2.94. The third-order valence-electron chi connectivity index (χ3n) is 4.34. The van der Waals surface area contributed by atoms with E-state index in [1.54, 1.807) is 4.57 Å². The van der Waals surface area contributed by atoms with E-state index >= 15 is 0 Å². The van der Waals surface area contributed by atoms with Gasteiger partial charge in [-0.05, 0) is 47.9 Å². The van der Waals surface area contributed by atoms with Crippen LogP contribution in [0.3, 0.4) is 0 Å². The molecule has 1 aromatic heterocycles. The van der Waals surface area contributed by atoms with Crippen molar-refractivity contribution in [3.8, 4) is 5.75 Å². The number of fused-ring (bicyclic) bond motifs is 1. The average molecular weight is 345 g/mol. The molecule has 0 amide bonds. The van der Waals surface area contributed by atoms with Crippen LogP contribution in [0.25, 0.3) is 11.1 Å². The molecule has 4 heteroatoms. The summed E-state index contributed by atoms with van der Waals surface area (Å²) < 4.78 is 12.8. The predicted molar refractivity (Wildman–Crippen MR) is 102 cm³/mol. The van der Waals surface area contributed by atoms with Crippen molar-refractivity contribution >= 4 is 11.1 Å². The van der Waals surface area contributed by atoms with E-state index in [0.29, 0.717) is 18.7 Å². The van der Waals surface area contributed by atoms with Crippen molar-refractivity contribution in [1.82, 2.24) is 4.57 Å². The SMILES string of the molecule is Cc1ccc2oc(=O)n(Cc3ccc(OCc4ccccc4)cc3)c2c1. The van der Waals surface area contributed by atoms with E-state index in [1.807, 2.05) is 79.7 Å². The molecule has 4 nitrogen and oxygen atoms in total. The molecule has 0 aliphatic heterocycles. The van der Waals surface area contributed by atoms with Gasteiger partial charge in [0, 0.05) is 0 Å². The highest BCUT2D eigenvalue weighted by molar-refractivity contribution is 5.73. The molecule has 0 radical (unpaired) electrons. The van der Waals surface area contributed by atoms with Crippen LogP contribution in [0.4, 0.5) is 0 Å². The second kappa shape index (κ2) is 6.92. The number of nitrogens with zero attached hydrogens (tertiary/aromatic N) is 1. The second-order valence-electron chi connectivity index (χ2n) is 6.34. The number of hydrogen-bond donors (Lipinski definition) is 0. The number of aryl methyl sites for hydroxylation is 1. The van der Waals surface area contributed by atoms with Gasteiger partial charge in [0.25, 0.3) is 0 Å². The highest BCUT2D eigenvalue weighted by Crippen LogP contribution is 2.18. The second-order valence-corrected chi connectivity index (χ2v) is 6.34. The van der Waals surface area contributed by atoms with Gasteiger partial charge in [0.1, 0.15) is 12.4 Å². The number of ether oxygens (including phenoxy) is 1. The number of benzene rings is 3. The molecular weight excluding hydrogens is 326 g/mol. The number of rotatable bonds is 5. The highest BCUT2D eigenvalue weighted by atomic mass is 16.5. The first-order valence-electron chi connectivity index (χ1n) is 8.55. The van der Waals surface area contributed by atoms with Crippen LogP contribution >= 0.6 is 0 Å². The Bertz CT molecular complexity index is 1080. The van der Waals surface area contributed by atoms with Crippen molar-refractivity contribution < 1.29 is 9.15 Å². The largest absolute Gasteiger partial charge is 0.489 e.